The minimum absolute atomic E-state index is 0.206. The van der Waals surface area contributed by atoms with Crippen LogP contribution in [0.25, 0.3) is 11.0 Å². The maximum Gasteiger partial charge on any atom is 0.306 e. The summed E-state index contributed by atoms with van der Waals surface area (Å²) in [6.07, 6.45) is 0.377. The highest BCUT2D eigenvalue weighted by molar-refractivity contribution is 7.99. The zero-order chi connectivity index (χ0) is 13.7. The average molecular weight is 280 g/mol. The number of carbonyl (C=O) groups excluding carboxylic acids is 1. The first-order chi connectivity index (χ1) is 9.22. The molecule has 0 unspecified atom stereocenters. The molecule has 1 aromatic heterocycles. The van der Waals surface area contributed by atoms with E-state index < -0.39 is 0 Å². The minimum atomic E-state index is -0.206. The number of nitrogens with one attached hydrogen (secondary N) is 1. The van der Waals surface area contributed by atoms with Crippen LogP contribution in [0.2, 0.25) is 0 Å². The Morgan fingerprint density at radius 2 is 2.32 bits per heavy atom. The first-order valence-corrected chi connectivity index (χ1v) is 7.03. The van der Waals surface area contributed by atoms with E-state index in [2.05, 4.69) is 14.7 Å². The molecule has 0 fully saturated rings. The number of esters is 1. The number of imidazole rings is 1. The van der Waals surface area contributed by atoms with Crippen LogP contribution in [-0.2, 0) is 9.53 Å². The van der Waals surface area contributed by atoms with Crippen molar-refractivity contribution in [3.63, 3.8) is 0 Å². The van der Waals surface area contributed by atoms with Crippen molar-refractivity contribution in [2.75, 3.05) is 19.5 Å². The van der Waals surface area contributed by atoms with Gasteiger partial charge in [0.2, 0.25) is 0 Å². The first-order valence-electron chi connectivity index (χ1n) is 6.05. The summed E-state index contributed by atoms with van der Waals surface area (Å²) in [5.74, 6) is 1.26. The molecule has 2 aromatic rings. The quantitative estimate of drug-likeness (QED) is 0.651. The van der Waals surface area contributed by atoms with Crippen LogP contribution in [0.1, 0.15) is 13.3 Å². The molecule has 0 aliphatic rings. The van der Waals surface area contributed by atoms with Crippen molar-refractivity contribution >= 4 is 28.8 Å². The second-order valence-corrected chi connectivity index (χ2v) is 4.91. The van der Waals surface area contributed by atoms with Gasteiger partial charge in [-0.2, -0.15) is 0 Å². The van der Waals surface area contributed by atoms with E-state index >= 15 is 0 Å². The number of nitrogens with zero attached hydrogens (tertiary/aromatic N) is 1. The van der Waals surface area contributed by atoms with Gasteiger partial charge in [-0.25, -0.2) is 4.98 Å². The Bertz CT molecular complexity index is 568. The molecule has 19 heavy (non-hydrogen) atoms. The lowest BCUT2D eigenvalue weighted by molar-refractivity contribution is -0.140. The summed E-state index contributed by atoms with van der Waals surface area (Å²) in [5.41, 5.74) is 1.83. The third kappa shape index (κ3) is 3.64. The van der Waals surface area contributed by atoms with Gasteiger partial charge in [0.05, 0.1) is 31.2 Å². The number of hydrogen-bond acceptors (Lipinski definition) is 5. The van der Waals surface area contributed by atoms with Crippen LogP contribution in [-0.4, -0.2) is 35.4 Å². The number of H-pyrrole nitrogens is 1. The first kappa shape index (κ1) is 13.7. The number of aromatic nitrogens is 2. The molecule has 6 heteroatoms. The second-order valence-electron chi connectivity index (χ2n) is 3.83. The van der Waals surface area contributed by atoms with E-state index in [0.29, 0.717) is 18.8 Å². The fraction of sp³-hybridized carbons (Fsp3) is 0.385. The normalized spacial score (nSPS) is 10.6. The fourth-order valence-electron chi connectivity index (χ4n) is 1.62. The third-order valence-corrected chi connectivity index (χ3v) is 3.39. The van der Waals surface area contributed by atoms with Crippen LogP contribution in [0, 0.1) is 0 Å². The second kappa shape index (κ2) is 6.47. The third-order valence-electron chi connectivity index (χ3n) is 2.52. The van der Waals surface area contributed by atoms with Crippen molar-refractivity contribution in [1.29, 1.82) is 0 Å². The maximum absolute atomic E-state index is 11.0. The molecule has 5 nitrogen and oxygen atoms in total. The zero-order valence-corrected chi connectivity index (χ0v) is 11.8. The van der Waals surface area contributed by atoms with Crippen LogP contribution in [0.15, 0.2) is 23.4 Å². The highest BCUT2D eigenvalue weighted by atomic mass is 32.2. The highest BCUT2D eigenvalue weighted by Gasteiger charge is 2.06. The lowest BCUT2D eigenvalue weighted by Gasteiger charge is -2.00. The Hall–Kier alpha value is -1.69. The van der Waals surface area contributed by atoms with E-state index in [1.54, 1.807) is 0 Å². The predicted octanol–water partition coefficient (Wildman–Crippen LogP) is 2.62. The molecule has 1 N–H and O–H groups in total. The molecule has 0 aliphatic heterocycles. The van der Waals surface area contributed by atoms with E-state index in [0.717, 1.165) is 21.9 Å². The number of carbonyl (C=O) groups is 1. The van der Waals surface area contributed by atoms with Crippen molar-refractivity contribution in [1.82, 2.24) is 9.97 Å². The van der Waals surface area contributed by atoms with Crippen LogP contribution >= 0.6 is 11.8 Å². The number of fused-ring (bicyclic) bond motifs is 1. The van der Waals surface area contributed by atoms with E-state index in [4.69, 9.17) is 4.74 Å². The molecule has 0 atom stereocenters. The van der Waals surface area contributed by atoms with Crippen molar-refractivity contribution in [3.8, 4) is 5.75 Å². The number of thioether (sulfide) groups is 1. The zero-order valence-electron chi connectivity index (χ0n) is 10.9. The number of rotatable bonds is 6. The lowest BCUT2D eigenvalue weighted by atomic mass is 10.3. The van der Waals surface area contributed by atoms with Gasteiger partial charge in [0.25, 0.3) is 0 Å². The van der Waals surface area contributed by atoms with Crippen LogP contribution in [0.3, 0.4) is 0 Å². The Balaban J connectivity index is 2.02. The van der Waals surface area contributed by atoms with Crippen molar-refractivity contribution < 1.29 is 14.3 Å². The Morgan fingerprint density at radius 1 is 1.47 bits per heavy atom. The number of benzene rings is 1. The molecular formula is C13H16N2O3S. The summed E-state index contributed by atoms with van der Waals surface area (Å²) in [5, 5.41) is 0.799. The van der Waals surface area contributed by atoms with E-state index in [1.807, 2.05) is 25.1 Å². The Kier molecular flexibility index (Phi) is 4.68. The molecule has 0 aliphatic carbocycles. The molecule has 0 saturated carbocycles. The number of hydrogen-bond donors (Lipinski definition) is 1. The number of aromatic amines is 1. The molecule has 0 saturated heterocycles. The highest BCUT2D eigenvalue weighted by Crippen LogP contribution is 2.23. The van der Waals surface area contributed by atoms with Gasteiger partial charge in [0, 0.05) is 11.8 Å². The van der Waals surface area contributed by atoms with Gasteiger partial charge in [0.1, 0.15) is 5.75 Å². The molecule has 0 amide bonds. The van der Waals surface area contributed by atoms with Crippen LogP contribution in [0.4, 0.5) is 0 Å². The van der Waals surface area contributed by atoms with Gasteiger partial charge in [-0.05, 0) is 19.1 Å². The maximum atomic E-state index is 11.0. The molecular weight excluding hydrogens is 264 g/mol. The minimum Gasteiger partial charge on any atom is -0.494 e. The predicted molar refractivity (Wildman–Crippen MR) is 74.6 cm³/mol. The van der Waals surface area contributed by atoms with Gasteiger partial charge >= 0.3 is 5.97 Å². The molecule has 1 heterocycles. The number of methoxy groups -OCH3 is 1. The Morgan fingerprint density at radius 3 is 3.05 bits per heavy atom. The van der Waals surface area contributed by atoms with Crippen LogP contribution < -0.4 is 4.74 Å². The standard InChI is InChI=1S/C13H16N2O3S/c1-3-18-9-4-5-10-11(8-9)15-13(14-10)19-7-6-12(16)17-2/h4-5,8H,3,6-7H2,1-2H3,(H,14,15). The molecule has 2 rings (SSSR count). The van der Waals surface area contributed by atoms with E-state index in [9.17, 15) is 4.79 Å². The average Bonchev–Trinajstić information content (AvgIpc) is 2.80. The van der Waals surface area contributed by atoms with Gasteiger partial charge in [0.15, 0.2) is 5.16 Å². The van der Waals surface area contributed by atoms with Gasteiger partial charge in [-0.15, -0.1) is 0 Å². The van der Waals surface area contributed by atoms with Gasteiger partial charge < -0.3 is 14.5 Å². The monoisotopic (exact) mass is 280 g/mol. The SMILES string of the molecule is CCOc1ccc2nc(SCCC(=O)OC)[nH]c2c1. The van der Waals surface area contributed by atoms with Crippen LogP contribution in [0.5, 0.6) is 5.75 Å². The summed E-state index contributed by atoms with van der Waals surface area (Å²) in [7, 11) is 1.39. The summed E-state index contributed by atoms with van der Waals surface area (Å²) in [6, 6.07) is 5.74. The lowest BCUT2D eigenvalue weighted by Crippen LogP contribution is -2.01. The summed E-state index contributed by atoms with van der Waals surface area (Å²) < 4.78 is 10.0. The van der Waals surface area contributed by atoms with Crippen molar-refractivity contribution in [2.45, 2.75) is 18.5 Å². The van der Waals surface area contributed by atoms with Crippen molar-refractivity contribution in [3.05, 3.63) is 18.2 Å². The topological polar surface area (TPSA) is 64.2 Å². The van der Waals surface area contributed by atoms with Gasteiger partial charge in [-0.3, -0.25) is 4.79 Å². The Labute approximate surface area is 115 Å². The summed E-state index contributed by atoms with van der Waals surface area (Å²) in [6.45, 7) is 2.59. The van der Waals surface area contributed by atoms with E-state index in [-0.39, 0.29) is 5.97 Å². The molecule has 1 aromatic carbocycles. The fourth-order valence-corrected chi connectivity index (χ4v) is 2.43. The largest absolute Gasteiger partial charge is 0.494 e. The smallest absolute Gasteiger partial charge is 0.306 e. The van der Waals surface area contributed by atoms with Gasteiger partial charge in [-0.1, -0.05) is 11.8 Å². The van der Waals surface area contributed by atoms with E-state index in [1.165, 1.54) is 18.9 Å². The number of ether oxygens (including phenoxy) is 2. The van der Waals surface area contributed by atoms with Crippen molar-refractivity contribution in [2.24, 2.45) is 0 Å². The molecule has 0 spiro atoms. The molecule has 0 radical (unpaired) electrons. The molecule has 0 bridgehead atoms. The summed E-state index contributed by atoms with van der Waals surface area (Å²) in [4.78, 5) is 18.7. The summed E-state index contributed by atoms with van der Waals surface area (Å²) >= 11 is 1.50. The molecule has 102 valence electrons.